The molecule has 2 aliphatic carbocycles. The molecule has 2 saturated carbocycles. The number of nitrogens with zero attached hydrogens (tertiary/aromatic N) is 4. The quantitative estimate of drug-likeness (QED) is 0.875. The molecule has 2 aliphatic rings. The van der Waals surface area contributed by atoms with Crippen LogP contribution in [0.25, 0.3) is 11.4 Å². The third-order valence-corrected chi connectivity index (χ3v) is 3.62. The van der Waals surface area contributed by atoms with E-state index in [1.54, 1.807) is 0 Å². The molecule has 0 saturated heterocycles. The van der Waals surface area contributed by atoms with Crippen LogP contribution < -0.4 is 5.73 Å². The molecular weight excluding hydrogens is 214 g/mol. The molecule has 0 spiro atoms. The van der Waals surface area contributed by atoms with Gasteiger partial charge in [-0.05, 0) is 25.7 Å². The van der Waals surface area contributed by atoms with Crippen LogP contribution in [0.1, 0.15) is 37.8 Å². The van der Waals surface area contributed by atoms with Crippen molar-refractivity contribution >= 4 is 5.82 Å². The van der Waals surface area contributed by atoms with Crippen molar-refractivity contribution in [2.24, 2.45) is 0 Å². The molecule has 0 atom stereocenters. The van der Waals surface area contributed by atoms with E-state index in [-0.39, 0.29) is 0 Å². The smallest absolute Gasteiger partial charge is 0.133 e. The standard InChI is InChI=1S/C12H15N5/c13-12-11(15-7-17(12)9-3-4-9)10-5-14-6-16(10)8-1-2-8/h5-9H,1-4,13H2. The fourth-order valence-corrected chi connectivity index (χ4v) is 2.34. The highest BCUT2D eigenvalue weighted by Crippen LogP contribution is 2.41. The first kappa shape index (κ1) is 9.27. The fourth-order valence-electron chi connectivity index (χ4n) is 2.34. The van der Waals surface area contributed by atoms with E-state index in [9.17, 15) is 0 Å². The summed E-state index contributed by atoms with van der Waals surface area (Å²) in [5.74, 6) is 0.787. The Kier molecular flexibility index (Phi) is 1.70. The Hall–Kier alpha value is -1.78. The van der Waals surface area contributed by atoms with Crippen molar-refractivity contribution in [3.8, 4) is 11.4 Å². The second-order valence-electron chi connectivity index (χ2n) is 5.03. The lowest BCUT2D eigenvalue weighted by Gasteiger charge is -2.06. The average molecular weight is 229 g/mol. The third kappa shape index (κ3) is 1.38. The lowest BCUT2D eigenvalue weighted by Crippen LogP contribution is -2.01. The molecule has 5 heteroatoms. The van der Waals surface area contributed by atoms with Crippen molar-refractivity contribution in [3.63, 3.8) is 0 Å². The Balaban J connectivity index is 1.79. The molecule has 0 amide bonds. The number of imidazole rings is 2. The summed E-state index contributed by atoms with van der Waals surface area (Å²) in [5.41, 5.74) is 8.13. The topological polar surface area (TPSA) is 61.7 Å². The maximum atomic E-state index is 6.18. The summed E-state index contributed by atoms with van der Waals surface area (Å²) in [6.45, 7) is 0. The minimum Gasteiger partial charge on any atom is -0.383 e. The van der Waals surface area contributed by atoms with Crippen molar-refractivity contribution in [1.29, 1.82) is 0 Å². The van der Waals surface area contributed by atoms with Crippen LogP contribution in [-0.4, -0.2) is 19.1 Å². The van der Waals surface area contributed by atoms with E-state index in [2.05, 4.69) is 19.1 Å². The van der Waals surface area contributed by atoms with Gasteiger partial charge in [-0.3, -0.25) is 0 Å². The molecule has 17 heavy (non-hydrogen) atoms. The van der Waals surface area contributed by atoms with E-state index in [0.717, 1.165) is 17.2 Å². The van der Waals surface area contributed by atoms with Crippen LogP contribution in [0.5, 0.6) is 0 Å². The predicted octanol–water partition coefficient (Wildman–Crippen LogP) is 2.00. The summed E-state index contributed by atoms with van der Waals surface area (Å²) in [7, 11) is 0. The zero-order chi connectivity index (χ0) is 11.4. The first-order valence-corrected chi connectivity index (χ1v) is 6.19. The van der Waals surface area contributed by atoms with Crippen LogP contribution in [-0.2, 0) is 0 Å². The molecule has 2 heterocycles. The number of rotatable bonds is 3. The fraction of sp³-hybridized carbons (Fsp3) is 0.500. The van der Waals surface area contributed by atoms with Crippen molar-refractivity contribution in [2.75, 3.05) is 5.73 Å². The molecule has 2 aromatic rings. The molecule has 0 aromatic carbocycles. The van der Waals surface area contributed by atoms with E-state index in [4.69, 9.17) is 5.73 Å². The molecule has 0 radical (unpaired) electrons. The Morgan fingerprint density at radius 3 is 2.47 bits per heavy atom. The monoisotopic (exact) mass is 229 g/mol. The lowest BCUT2D eigenvalue weighted by molar-refractivity contribution is 0.744. The molecule has 0 unspecified atom stereocenters. The highest BCUT2D eigenvalue weighted by Gasteiger charge is 2.30. The molecule has 88 valence electrons. The van der Waals surface area contributed by atoms with E-state index < -0.39 is 0 Å². The van der Waals surface area contributed by atoms with E-state index >= 15 is 0 Å². The second-order valence-corrected chi connectivity index (χ2v) is 5.03. The first-order valence-electron chi connectivity index (χ1n) is 6.19. The van der Waals surface area contributed by atoms with Gasteiger partial charge in [0.05, 0.1) is 24.5 Å². The maximum Gasteiger partial charge on any atom is 0.133 e. The van der Waals surface area contributed by atoms with Gasteiger partial charge in [0.2, 0.25) is 0 Å². The Morgan fingerprint density at radius 2 is 1.76 bits per heavy atom. The summed E-state index contributed by atoms with van der Waals surface area (Å²) in [4.78, 5) is 8.70. The number of hydrogen-bond donors (Lipinski definition) is 1. The van der Waals surface area contributed by atoms with E-state index in [0.29, 0.717) is 12.1 Å². The van der Waals surface area contributed by atoms with Gasteiger partial charge in [-0.2, -0.15) is 0 Å². The Bertz CT molecular complexity index is 559. The van der Waals surface area contributed by atoms with Crippen LogP contribution in [0.2, 0.25) is 0 Å². The number of nitrogens with two attached hydrogens (primary N) is 1. The highest BCUT2D eigenvalue weighted by atomic mass is 15.2. The van der Waals surface area contributed by atoms with Crippen LogP contribution in [0, 0.1) is 0 Å². The predicted molar refractivity (Wildman–Crippen MR) is 64.4 cm³/mol. The minimum atomic E-state index is 0.577. The summed E-state index contributed by atoms with van der Waals surface area (Å²) in [6, 6.07) is 1.19. The summed E-state index contributed by atoms with van der Waals surface area (Å²) in [6.07, 6.45) is 10.6. The molecule has 0 bridgehead atoms. The average Bonchev–Trinajstić information content (AvgIpc) is 3.25. The largest absolute Gasteiger partial charge is 0.383 e. The van der Waals surface area contributed by atoms with Crippen LogP contribution in [0.15, 0.2) is 18.9 Å². The maximum absolute atomic E-state index is 6.18. The minimum absolute atomic E-state index is 0.577. The van der Waals surface area contributed by atoms with Crippen molar-refractivity contribution < 1.29 is 0 Å². The number of aromatic nitrogens is 4. The van der Waals surface area contributed by atoms with Gasteiger partial charge in [0, 0.05) is 12.1 Å². The van der Waals surface area contributed by atoms with Crippen molar-refractivity contribution in [1.82, 2.24) is 19.1 Å². The third-order valence-electron chi connectivity index (χ3n) is 3.62. The molecule has 2 fully saturated rings. The van der Waals surface area contributed by atoms with Crippen molar-refractivity contribution in [3.05, 3.63) is 18.9 Å². The van der Waals surface area contributed by atoms with Crippen LogP contribution in [0.3, 0.4) is 0 Å². The molecule has 5 nitrogen and oxygen atoms in total. The van der Waals surface area contributed by atoms with Crippen molar-refractivity contribution in [2.45, 2.75) is 37.8 Å². The number of anilines is 1. The Labute approximate surface area is 99.3 Å². The van der Waals surface area contributed by atoms with Crippen LogP contribution in [0.4, 0.5) is 5.82 Å². The van der Waals surface area contributed by atoms with E-state index in [1.165, 1.54) is 25.7 Å². The van der Waals surface area contributed by atoms with Gasteiger partial charge in [0.1, 0.15) is 11.5 Å². The lowest BCUT2D eigenvalue weighted by atomic mass is 10.3. The molecule has 2 N–H and O–H groups in total. The zero-order valence-electron chi connectivity index (χ0n) is 9.58. The van der Waals surface area contributed by atoms with Gasteiger partial charge >= 0.3 is 0 Å². The summed E-state index contributed by atoms with van der Waals surface area (Å²) < 4.78 is 4.30. The van der Waals surface area contributed by atoms with Crippen LogP contribution >= 0.6 is 0 Å². The Morgan fingerprint density at radius 1 is 1.06 bits per heavy atom. The number of hydrogen-bond acceptors (Lipinski definition) is 3. The summed E-state index contributed by atoms with van der Waals surface area (Å²) >= 11 is 0. The SMILES string of the molecule is Nc1c(-c2cncn2C2CC2)ncn1C1CC1. The second kappa shape index (κ2) is 3.12. The normalized spacial score (nSPS) is 19.8. The van der Waals surface area contributed by atoms with Gasteiger partial charge in [-0.25, -0.2) is 9.97 Å². The zero-order valence-corrected chi connectivity index (χ0v) is 9.58. The van der Waals surface area contributed by atoms with Gasteiger partial charge in [-0.1, -0.05) is 0 Å². The van der Waals surface area contributed by atoms with Gasteiger partial charge < -0.3 is 14.9 Å². The highest BCUT2D eigenvalue weighted by molar-refractivity contribution is 5.67. The van der Waals surface area contributed by atoms with E-state index in [1.807, 2.05) is 18.9 Å². The first-order chi connectivity index (χ1) is 8.34. The molecule has 4 rings (SSSR count). The summed E-state index contributed by atoms with van der Waals surface area (Å²) in [5, 5.41) is 0. The van der Waals surface area contributed by atoms with Gasteiger partial charge in [-0.15, -0.1) is 0 Å². The van der Waals surface area contributed by atoms with Gasteiger partial charge in [0.15, 0.2) is 0 Å². The molecular formula is C12H15N5. The number of nitrogen functional groups attached to an aromatic ring is 1. The molecule has 0 aliphatic heterocycles. The van der Waals surface area contributed by atoms with Gasteiger partial charge in [0.25, 0.3) is 0 Å². The molecule has 2 aromatic heterocycles.